The van der Waals surface area contributed by atoms with Gasteiger partial charge in [-0.2, -0.15) is 0 Å². The van der Waals surface area contributed by atoms with Crippen LogP contribution in [-0.4, -0.2) is 38.7 Å². The van der Waals surface area contributed by atoms with Gasteiger partial charge in [-0.05, 0) is 48.5 Å². The first-order chi connectivity index (χ1) is 15.2. The maximum atomic E-state index is 13.1. The summed E-state index contributed by atoms with van der Waals surface area (Å²) in [6.45, 7) is 0. The molecule has 0 aliphatic heterocycles. The lowest BCUT2D eigenvalue weighted by atomic mass is 10.1. The SMILES string of the molecule is CN(C)S(=O)(=O)c1ccc(C(=O)OC(C(=O)Nc2ccc(F)cc2)c2ccccc2)cc1. The quantitative estimate of drug-likeness (QED) is 0.549. The topological polar surface area (TPSA) is 92.8 Å². The Kier molecular flexibility index (Phi) is 7.01. The van der Waals surface area contributed by atoms with Crippen molar-refractivity contribution in [3.63, 3.8) is 0 Å². The number of amides is 1. The molecule has 3 aromatic carbocycles. The van der Waals surface area contributed by atoms with Gasteiger partial charge in [0.2, 0.25) is 16.1 Å². The van der Waals surface area contributed by atoms with Crippen molar-refractivity contribution in [3.8, 4) is 0 Å². The average molecular weight is 456 g/mol. The molecule has 0 aromatic heterocycles. The van der Waals surface area contributed by atoms with E-state index in [1.807, 2.05) is 0 Å². The minimum Gasteiger partial charge on any atom is -0.444 e. The molecule has 0 saturated heterocycles. The van der Waals surface area contributed by atoms with Gasteiger partial charge in [-0.3, -0.25) is 4.79 Å². The number of rotatable bonds is 7. The predicted molar refractivity (Wildman–Crippen MR) is 117 cm³/mol. The van der Waals surface area contributed by atoms with Crippen LogP contribution in [0.15, 0.2) is 83.8 Å². The highest BCUT2D eigenvalue weighted by Crippen LogP contribution is 2.23. The van der Waals surface area contributed by atoms with Crippen LogP contribution >= 0.6 is 0 Å². The summed E-state index contributed by atoms with van der Waals surface area (Å²) in [7, 11) is -0.837. The Morgan fingerprint density at radius 3 is 2.06 bits per heavy atom. The van der Waals surface area contributed by atoms with Crippen molar-refractivity contribution < 1.29 is 27.1 Å². The number of esters is 1. The van der Waals surface area contributed by atoms with E-state index in [9.17, 15) is 22.4 Å². The molecule has 0 heterocycles. The number of halogens is 1. The van der Waals surface area contributed by atoms with Gasteiger partial charge in [-0.15, -0.1) is 0 Å². The number of carbonyl (C=O) groups excluding carboxylic acids is 2. The van der Waals surface area contributed by atoms with Gasteiger partial charge in [0.25, 0.3) is 5.91 Å². The van der Waals surface area contributed by atoms with Gasteiger partial charge in [0.1, 0.15) is 5.82 Å². The zero-order valence-corrected chi connectivity index (χ0v) is 18.2. The third-order valence-corrected chi connectivity index (χ3v) is 6.38. The lowest BCUT2D eigenvalue weighted by Gasteiger charge is -2.18. The van der Waals surface area contributed by atoms with Gasteiger partial charge < -0.3 is 10.1 Å². The van der Waals surface area contributed by atoms with Crippen molar-refractivity contribution in [1.82, 2.24) is 4.31 Å². The first kappa shape index (κ1) is 23.1. The highest BCUT2D eigenvalue weighted by Gasteiger charge is 2.26. The second kappa shape index (κ2) is 9.71. The summed E-state index contributed by atoms with van der Waals surface area (Å²) >= 11 is 0. The van der Waals surface area contributed by atoms with Crippen LogP contribution in [0.2, 0.25) is 0 Å². The lowest BCUT2D eigenvalue weighted by Crippen LogP contribution is -2.26. The molecule has 0 bridgehead atoms. The van der Waals surface area contributed by atoms with E-state index in [4.69, 9.17) is 4.74 Å². The average Bonchev–Trinajstić information content (AvgIpc) is 2.79. The summed E-state index contributed by atoms with van der Waals surface area (Å²) in [6.07, 6.45) is -1.28. The minimum absolute atomic E-state index is 0.0210. The van der Waals surface area contributed by atoms with E-state index in [1.54, 1.807) is 30.3 Å². The molecule has 1 atom stereocenters. The van der Waals surface area contributed by atoms with E-state index in [1.165, 1.54) is 62.6 Å². The standard InChI is InChI=1S/C23H21FN2O5S/c1-26(2)32(29,30)20-14-8-17(9-15-20)23(28)31-21(16-6-4-3-5-7-16)22(27)25-19-12-10-18(24)11-13-19/h3-15,21H,1-2H3,(H,25,27). The van der Waals surface area contributed by atoms with Crippen molar-refractivity contribution in [3.05, 3.63) is 95.8 Å². The van der Waals surface area contributed by atoms with Gasteiger partial charge in [0.05, 0.1) is 10.5 Å². The number of benzene rings is 3. The molecule has 3 rings (SSSR count). The lowest BCUT2D eigenvalue weighted by molar-refractivity contribution is -0.125. The molecule has 0 radical (unpaired) electrons. The molecule has 9 heteroatoms. The van der Waals surface area contributed by atoms with Crippen LogP contribution in [-0.2, 0) is 19.6 Å². The Morgan fingerprint density at radius 1 is 0.906 bits per heavy atom. The molecule has 0 aliphatic carbocycles. The normalized spacial score (nSPS) is 12.2. The number of hydrogen-bond acceptors (Lipinski definition) is 5. The highest BCUT2D eigenvalue weighted by atomic mass is 32.2. The summed E-state index contributed by atoms with van der Waals surface area (Å²) < 4.78 is 44.0. The molecule has 0 aliphatic rings. The van der Waals surface area contributed by atoms with Crippen LogP contribution in [0.5, 0.6) is 0 Å². The van der Waals surface area contributed by atoms with E-state index in [0.29, 0.717) is 11.3 Å². The molecule has 1 amide bonds. The van der Waals surface area contributed by atoms with Crippen LogP contribution in [0.3, 0.4) is 0 Å². The van der Waals surface area contributed by atoms with Crippen LogP contribution < -0.4 is 5.32 Å². The summed E-state index contributed by atoms with van der Waals surface area (Å²) in [5.74, 6) is -1.88. The van der Waals surface area contributed by atoms with Crippen LogP contribution in [0, 0.1) is 5.82 Å². The zero-order chi connectivity index (χ0) is 23.3. The number of hydrogen-bond donors (Lipinski definition) is 1. The second-order valence-corrected chi connectivity index (χ2v) is 9.16. The molecule has 3 aromatic rings. The minimum atomic E-state index is -3.65. The van der Waals surface area contributed by atoms with Crippen molar-refractivity contribution in [2.24, 2.45) is 0 Å². The van der Waals surface area contributed by atoms with E-state index in [-0.39, 0.29) is 10.5 Å². The first-order valence-electron chi connectivity index (χ1n) is 9.53. The first-order valence-corrected chi connectivity index (χ1v) is 11.0. The number of nitrogens with zero attached hydrogens (tertiary/aromatic N) is 1. The molecule has 0 fully saturated rings. The number of sulfonamides is 1. The molecule has 1 N–H and O–H groups in total. The molecule has 0 saturated carbocycles. The van der Waals surface area contributed by atoms with Crippen molar-refractivity contribution in [2.45, 2.75) is 11.0 Å². The Hall–Kier alpha value is -3.56. The summed E-state index contributed by atoms with van der Waals surface area (Å²) in [6, 6.07) is 18.8. The number of anilines is 1. The Labute approximate surface area is 185 Å². The number of carbonyl (C=O) groups is 2. The predicted octanol–water partition coefficient (Wildman–Crippen LogP) is 3.61. The van der Waals surface area contributed by atoms with Gasteiger partial charge in [-0.1, -0.05) is 30.3 Å². The monoisotopic (exact) mass is 456 g/mol. The molecule has 7 nitrogen and oxygen atoms in total. The third-order valence-electron chi connectivity index (χ3n) is 4.55. The van der Waals surface area contributed by atoms with Gasteiger partial charge in [-0.25, -0.2) is 21.9 Å². The van der Waals surface area contributed by atoms with E-state index in [0.717, 1.165) is 4.31 Å². The highest BCUT2D eigenvalue weighted by molar-refractivity contribution is 7.89. The van der Waals surface area contributed by atoms with E-state index in [2.05, 4.69) is 5.32 Å². The van der Waals surface area contributed by atoms with Gasteiger partial charge >= 0.3 is 5.97 Å². The maximum absolute atomic E-state index is 13.1. The smallest absolute Gasteiger partial charge is 0.339 e. The Balaban J connectivity index is 1.82. The van der Waals surface area contributed by atoms with Crippen molar-refractivity contribution in [1.29, 1.82) is 0 Å². The molecular formula is C23H21FN2O5S. The fourth-order valence-electron chi connectivity index (χ4n) is 2.79. The van der Waals surface area contributed by atoms with Crippen LogP contribution in [0.1, 0.15) is 22.0 Å². The molecular weight excluding hydrogens is 435 g/mol. The fraction of sp³-hybridized carbons (Fsp3) is 0.130. The molecule has 166 valence electrons. The van der Waals surface area contributed by atoms with Gasteiger partial charge in [0.15, 0.2) is 0 Å². The summed E-state index contributed by atoms with van der Waals surface area (Å²) in [5.41, 5.74) is 0.858. The summed E-state index contributed by atoms with van der Waals surface area (Å²) in [5, 5.41) is 2.60. The maximum Gasteiger partial charge on any atom is 0.339 e. The van der Waals surface area contributed by atoms with E-state index < -0.39 is 33.8 Å². The number of nitrogens with one attached hydrogen (secondary N) is 1. The zero-order valence-electron chi connectivity index (χ0n) is 17.4. The van der Waals surface area contributed by atoms with Crippen molar-refractivity contribution in [2.75, 3.05) is 19.4 Å². The Bertz CT molecular complexity index is 1200. The largest absolute Gasteiger partial charge is 0.444 e. The third kappa shape index (κ3) is 5.37. The summed E-state index contributed by atoms with van der Waals surface area (Å²) in [4.78, 5) is 25.6. The Morgan fingerprint density at radius 2 is 1.50 bits per heavy atom. The number of ether oxygens (including phenoxy) is 1. The van der Waals surface area contributed by atoms with Crippen LogP contribution in [0.25, 0.3) is 0 Å². The second-order valence-electron chi connectivity index (χ2n) is 7.00. The van der Waals surface area contributed by atoms with Crippen LogP contribution in [0.4, 0.5) is 10.1 Å². The fourth-order valence-corrected chi connectivity index (χ4v) is 3.69. The molecule has 0 spiro atoms. The van der Waals surface area contributed by atoms with Crippen molar-refractivity contribution >= 4 is 27.6 Å². The van der Waals surface area contributed by atoms with Gasteiger partial charge in [0, 0.05) is 25.3 Å². The van der Waals surface area contributed by atoms with E-state index >= 15 is 0 Å². The molecule has 1 unspecified atom stereocenters. The molecule has 32 heavy (non-hydrogen) atoms.